The summed E-state index contributed by atoms with van der Waals surface area (Å²) in [6.07, 6.45) is 0.915. The maximum atomic E-state index is 13.2. The molecule has 2 aliphatic rings. The van der Waals surface area contributed by atoms with E-state index in [1.54, 1.807) is 12.1 Å². The molecular weight excluding hydrogens is 315 g/mol. The van der Waals surface area contributed by atoms with Gasteiger partial charge in [0.05, 0.1) is 11.4 Å². The fraction of sp³-hybridized carbons (Fsp3) is 0.333. The van der Waals surface area contributed by atoms with Gasteiger partial charge in [-0.15, -0.1) is 0 Å². The molecule has 0 saturated heterocycles. The molecule has 4 rings (SSSR count). The van der Waals surface area contributed by atoms with E-state index in [0.29, 0.717) is 17.3 Å². The quantitative estimate of drug-likeness (QED) is 0.730. The molecule has 4 heteroatoms. The van der Waals surface area contributed by atoms with E-state index in [2.05, 4.69) is 31.8 Å². The Labute approximate surface area is 147 Å². The minimum atomic E-state index is -0.310. The Balaban J connectivity index is 1.95. The number of amides is 1. The van der Waals surface area contributed by atoms with E-state index >= 15 is 0 Å². The molecule has 1 unspecified atom stereocenters. The average Bonchev–Trinajstić information content (AvgIpc) is 2.80. The molecule has 3 nitrogen and oxygen atoms in total. The summed E-state index contributed by atoms with van der Waals surface area (Å²) in [7, 11) is 0. The molecule has 25 heavy (non-hydrogen) atoms. The molecule has 2 aliphatic heterocycles. The molecule has 1 amide bonds. The summed E-state index contributed by atoms with van der Waals surface area (Å²) in [5, 5.41) is 0. The van der Waals surface area contributed by atoms with Crippen LogP contribution in [0.5, 0.6) is 0 Å². The van der Waals surface area contributed by atoms with E-state index < -0.39 is 0 Å². The predicted molar refractivity (Wildman–Crippen MR) is 98.4 cm³/mol. The average molecular weight is 336 g/mol. The van der Waals surface area contributed by atoms with Crippen molar-refractivity contribution in [3.63, 3.8) is 0 Å². The van der Waals surface area contributed by atoms with E-state index in [-0.39, 0.29) is 17.3 Å². The van der Waals surface area contributed by atoms with Gasteiger partial charge in [0.1, 0.15) is 11.5 Å². The van der Waals surface area contributed by atoms with Crippen LogP contribution in [0.3, 0.4) is 0 Å². The first-order valence-electron chi connectivity index (χ1n) is 8.62. The van der Waals surface area contributed by atoms with E-state index in [0.717, 1.165) is 23.2 Å². The normalized spacial score (nSPS) is 22.4. The van der Waals surface area contributed by atoms with Gasteiger partial charge in [-0.2, -0.15) is 0 Å². The standard InChI is InChI=1S/C21H21FN2O/c1-12-9-16-13(2)11-21(3,4)24-19(16)17(10-12)18(20(24)25)23-15-7-5-14(22)6-8-15/h5-10,13H,11H2,1-4H3. The number of carbonyl (C=O) groups is 1. The summed E-state index contributed by atoms with van der Waals surface area (Å²) in [5.74, 6) is 0.00989. The summed E-state index contributed by atoms with van der Waals surface area (Å²) in [5.41, 5.74) is 5.02. The molecule has 0 aliphatic carbocycles. The van der Waals surface area contributed by atoms with Crippen LogP contribution in [0.4, 0.5) is 15.8 Å². The van der Waals surface area contributed by atoms with Gasteiger partial charge in [-0.05, 0) is 69.0 Å². The lowest BCUT2D eigenvalue weighted by atomic mass is 9.80. The number of rotatable bonds is 1. The lowest BCUT2D eigenvalue weighted by molar-refractivity contribution is -0.113. The van der Waals surface area contributed by atoms with Crippen molar-refractivity contribution in [3.8, 4) is 0 Å². The third-order valence-electron chi connectivity index (χ3n) is 5.18. The van der Waals surface area contributed by atoms with Gasteiger partial charge in [0.2, 0.25) is 0 Å². The van der Waals surface area contributed by atoms with Crippen molar-refractivity contribution in [2.75, 3.05) is 4.90 Å². The number of aryl methyl sites for hydroxylation is 1. The van der Waals surface area contributed by atoms with Crippen molar-refractivity contribution in [1.82, 2.24) is 0 Å². The van der Waals surface area contributed by atoms with Crippen LogP contribution in [0.1, 0.15) is 49.8 Å². The summed E-state index contributed by atoms with van der Waals surface area (Å²) in [6.45, 7) is 8.48. The van der Waals surface area contributed by atoms with Gasteiger partial charge in [-0.1, -0.05) is 18.6 Å². The van der Waals surface area contributed by atoms with E-state index in [1.807, 2.05) is 17.9 Å². The number of aliphatic imine (C=N–C) groups is 1. The lowest BCUT2D eigenvalue weighted by Crippen LogP contribution is -2.50. The minimum Gasteiger partial charge on any atom is -0.300 e. The van der Waals surface area contributed by atoms with Crippen LogP contribution in [-0.4, -0.2) is 17.2 Å². The number of benzene rings is 2. The van der Waals surface area contributed by atoms with Crippen LogP contribution in [-0.2, 0) is 4.79 Å². The fourth-order valence-electron chi connectivity index (χ4n) is 4.22. The Kier molecular flexibility index (Phi) is 3.36. The van der Waals surface area contributed by atoms with Crippen molar-refractivity contribution in [1.29, 1.82) is 0 Å². The van der Waals surface area contributed by atoms with E-state index in [9.17, 15) is 9.18 Å². The number of hydrogen-bond donors (Lipinski definition) is 0. The van der Waals surface area contributed by atoms with Gasteiger partial charge in [0.25, 0.3) is 5.91 Å². The zero-order valence-corrected chi connectivity index (χ0v) is 14.9. The summed E-state index contributed by atoms with van der Waals surface area (Å²) in [4.78, 5) is 19.7. The van der Waals surface area contributed by atoms with Crippen LogP contribution >= 0.6 is 0 Å². The molecule has 0 bridgehead atoms. The molecule has 0 spiro atoms. The van der Waals surface area contributed by atoms with Crippen molar-refractivity contribution in [2.24, 2.45) is 4.99 Å². The number of halogens is 1. The number of hydrogen-bond acceptors (Lipinski definition) is 2. The molecule has 0 N–H and O–H groups in total. The largest absolute Gasteiger partial charge is 0.300 e. The highest BCUT2D eigenvalue weighted by molar-refractivity contribution is 6.55. The zero-order valence-electron chi connectivity index (χ0n) is 14.9. The fourth-order valence-corrected chi connectivity index (χ4v) is 4.22. The molecular formula is C21H21FN2O. The first-order chi connectivity index (χ1) is 11.8. The SMILES string of the molecule is Cc1cc2c3c(c1)C(C)CC(C)(C)N3C(=O)C2=Nc1ccc(F)cc1. The predicted octanol–water partition coefficient (Wildman–Crippen LogP) is 4.89. The Morgan fingerprint density at radius 3 is 2.56 bits per heavy atom. The smallest absolute Gasteiger partial charge is 0.278 e. The highest BCUT2D eigenvalue weighted by Gasteiger charge is 2.47. The molecule has 0 saturated carbocycles. The van der Waals surface area contributed by atoms with Crippen molar-refractivity contribution in [2.45, 2.75) is 45.6 Å². The maximum Gasteiger partial charge on any atom is 0.278 e. The monoisotopic (exact) mass is 336 g/mol. The zero-order chi connectivity index (χ0) is 17.9. The second-order valence-electron chi connectivity index (χ2n) is 7.75. The van der Waals surface area contributed by atoms with E-state index in [1.165, 1.54) is 17.7 Å². The van der Waals surface area contributed by atoms with Gasteiger partial charge in [0, 0.05) is 11.1 Å². The van der Waals surface area contributed by atoms with E-state index in [4.69, 9.17) is 0 Å². The summed E-state index contributed by atoms with van der Waals surface area (Å²) in [6, 6.07) is 10.1. The van der Waals surface area contributed by atoms with Gasteiger partial charge in [-0.3, -0.25) is 4.79 Å². The Morgan fingerprint density at radius 2 is 1.88 bits per heavy atom. The van der Waals surface area contributed by atoms with Gasteiger partial charge in [-0.25, -0.2) is 9.38 Å². The molecule has 2 heterocycles. The topological polar surface area (TPSA) is 32.7 Å². The molecule has 0 aromatic heterocycles. The highest BCUT2D eigenvalue weighted by atomic mass is 19.1. The molecule has 128 valence electrons. The van der Waals surface area contributed by atoms with Crippen LogP contribution in [0.15, 0.2) is 41.4 Å². The molecule has 2 aromatic carbocycles. The first kappa shape index (κ1) is 16.0. The van der Waals surface area contributed by atoms with Gasteiger partial charge in [0.15, 0.2) is 0 Å². The molecule has 0 radical (unpaired) electrons. The second-order valence-corrected chi connectivity index (χ2v) is 7.75. The summed E-state index contributed by atoms with van der Waals surface area (Å²) >= 11 is 0. The van der Waals surface area contributed by atoms with Crippen LogP contribution in [0.2, 0.25) is 0 Å². The van der Waals surface area contributed by atoms with Crippen molar-refractivity contribution in [3.05, 3.63) is 58.9 Å². The van der Waals surface area contributed by atoms with Crippen molar-refractivity contribution < 1.29 is 9.18 Å². The Hall–Kier alpha value is -2.49. The molecule has 1 atom stereocenters. The number of anilines is 1. The third-order valence-corrected chi connectivity index (χ3v) is 5.18. The van der Waals surface area contributed by atoms with Crippen LogP contribution in [0.25, 0.3) is 0 Å². The minimum absolute atomic E-state index is 0.0666. The lowest BCUT2D eigenvalue weighted by Gasteiger charge is -2.43. The third kappa shape index (κ3) is 2.39. The van der Waals surface area contributed by atoms with Crippen LogP contribution in [0, 0.1) is 12.7 Å². The molecule has 2 aromatic rings. The summed E-state index contributed by atoms with van der Waals surface area (Å²) < 4.78 is 13.2. The first-order valence-corrected chi connectivity index (χ1v) is 8.62. The van der Waals surface area contributed by atoms with Crippen molar-refractivity contribution >= 4 is 23.0 Å². The van der Waals surface area contributed by atoms with Gasteiger partial charge >= 0.3 is 0 Å². The highest BCUT2D eigenvalue weighted by Crippen LogP contribution is 2.49. The number of nitrogens with zero attached hydrogens (tertiary/aromatic N) is 2. The Morgan fingerprint density at radius 1 is 1.20 bits per heavy atom. The number of carbonyl (C=O) groups excluding carboxylic acids is 1. The van der Waals surface area contributed by atoms with Crippen LogP contribution < -0.4 is 4.90 Å². The Bertz CT molecular complexity index is 912. The second kappa shape index (κ2) is 5.25. The maximum absolute atomic E-state index is 13.2. The van der Waals surface area contributed by atoms with Gasteiger partial charge < -0.3 is 4.90 Å². The molecule has 0 fully saturated rings.